The van der Waals surface area contributed by atoms with Gasteiger partial charge in [-0.3, -0.25) is 0 Å². The molecule has 0 amide bonds. The standard InChI is InChI=1S/C11H6ClFN2O3/c1-2-3-17-9-4-6(8(13)5-7(9)12)10-14-15-11(16)18-10/h1,4-5H,3H2,(H,15,16). The average molecular weight is 269 g/mol. The average Bonchev–Trinajstić information content (AvgIpc) is 2.74. The van der Waals surface area contributed by atoms with E-state index >= 15 is 0 Å². The van der Waals surface area contributed by atoms with E-state index in [2.05, 4.69) is 15.4 Å². The van der Waals surface area contributed by atoms with Crippen LogP contribution in [0.1, 0.15) is 0 Å². The van der Waals surface area contributed by atoms with Gasteiger partial charge in [-0.1, -0.05) is 17.5 Å². The molecule has 0 aliphatic heterocycles. The monoisotopic (exact) mass is 268 g/mol. The van der Waals surface area contributed by atoms with Gasteiger partial charge in [0.25, 0.3) is 5.89 Å². The van der Waals surface area contributed by atoms with Crippen molar-refractivity contribution in [1.82, 2.24) is 10.2 Å². The summed E-state index contributed by atoms with van der Waals surface area (Å²) in [5, 5.41) is 5.60. The van der Waals surface area contributed by atoms with Crippen LogP contribution in [-0.4, -0.2) is 16.8 Å². The first-order valence-electron chi connectivity index (χ1n) is 4.73. The Morgan fingerprint density at radius 2 is 2.39 bits per heavy atom. The molecule has 92 valence electrons. The Morgan fingerprint density at radius 3 is 3.00 bits per heavy atom. The van der Waals surface area contributed by atoms with E-state index in [9.17, 15) is 9.18 Å². The van der Waals surface area contributed by atoms with Gasteiger partial charge in [0.2, 0.25) is 0 Å². The van der Waals surface area contributed by atoms with Crippen molar-refractivity contribution in [3.05, 3.63) is 33.5 Å². The van der Waals surface area contributed by atoms with Crippen molar-refractivity contribution in [1.29, 1.82) is 0 Å². The van der Waals surface area contributed by atoms with Gasteiger partial charge in [0.05, 0.1) is 10.6 Å². The topological polar surface area (TPSA) is 68.1 Å². The summed E-state index contributed by atoms with van der Waals surface area (Å²) in [5.74, 6) is 0.756. The zero-order valence-corrected chi connectivity index (χ0v) is 9.62. The van der Waals surface area contributed by atoms with Gasteiger partial charge in [-0.15, -0.1) is 11.5 Å². The smallest absolute Gasteiger partial charge is 0.434 e. The number of ether oxygens (including phenoxy) is 1. The normalized spacial score (nSPS) is 10.1. The summed E-state index contributed by atoms with van der Waals surface area (Å²) in [6.45, 7) is -0.0185. The molecular formula is C11H6ClFN2O3. The number of hydrogen-bond acceptors (Lipinski definition) is 4. The van der Waals surface area contributed by atoms with Crippen LogP contribution in [0.25, 0.3) is 11.5 Å². The minimum Gasteiger partial charge on any atom is -0.479 e. The van der Waals surface area contributed by atoms with Crippen molar-refractivity contribution in [2.75, 3.05) is 6.61 Å². The van der Waals surface area contributed by atoms with Crippen molar-refractivity contribution in [3.8, 4) is 29.5 Å². The molecule has 0 saturated carbocycles. The van der Waals surface area contributed by atoms with Crippen LogP contribution in [0.15, 0.2) is 21.3 Å². The van der Waals surface area contributed by atoms with Gasteiger partial charge in [0.1, 0.15) is 18.2 Å². The highest BCUT2D eigenvalue weighted by Crippen LogP contribution is 2.32. The summed E-state index contributed by atoms with van der Waals surface area (Å²) in [4.78, 5) is 10.8. The maximum absolute atomic E-state index is 13.7. The molecule has 0 aliphatic rings. The molecule has 0 spiro atoms. The molecule has 0 aliphatic carbocycles. The number of nitrogens with one attached hydrogen (secondary N) is 1. The molecule has 1 aromatic carbocycles. The third kappa shape index (κ3) is 2.36. The highest BCUT2D eigenvalue weighted by atomic mass is 35.5. The van der Waals surface area contributed by atoms with Crippen LogP contribution in [0.2, 0.25) is 5.02 Å². The third-order valence-electron chi connectivity index (χ3n) is 2.00. The van der Waals surface area contributed by atoms with E-state index < -0.39 is 11.6 Å². The molecule has 2 rings (SSSR count). The fourth-order valence-corrected chi connectivity index (χ4v) is 1.47. The Kier molecular flexibility index (Phi) is 3.35. The van der Waals surface area contributed by atoms with Crippen molar-refractivity contribution < 1.29 is 13.5 Å². The van der Waals surface area contributed by atoms with Crippen LogP contribution < -0.4 is 10.5 Å². The molecule has 0 saturated heterocycles. The first kappa shape index (κ1) is 12.2. The summed E-state index contributed by atoms with van der Waals surface area (Å²) >= 11 is 5.78. The highest BCUT2D eigenvalue weighted by Gasteiger charge is 2.15. The highest BCUT2D eigenvalue weighted by molar-refractivity contribution is 6.32. The fourth-order valence-electron chi connectivity index (χ4n) is 1.27. The Labute approximate surface area is 106 Å². The summed E-state index contributed by atoms with van der Waals surface area (Å²) in [6.07, 6.45) is 5.04. The number of benzene rings is 1. The number of halogens is 2. The van der Waals surface area contributed by atoms with Crippen LogP contribution >= 0.6 is 11.6 Å². The number of terminal acetylenes is 1. The van der Waals surface area contributed by atoms with Gasteiger partial charge in [0.15, 0.2) is 0 Å². The number of hydrogen-bond donors (Lipinski definition) is 1. The van der Waals surface area contributed by atoms with Crippen LogP contribution in [0.4, 0.5) is 4.39 Å². The first-order valence-corrected chi connectivity index (χ1v) is 5.11. The number of aromatic amines is 1. The molecule has 2 aromatic rings. The quantitative estimate of drug-likeness (QED) is 0.863. The molecule has 1 aromatic heterocycles. The largest absolute Gasteiger partial charge is 0.479 e. The predicted octanol–water partition coefficient (Wildman–Crippen LogP) is 1.83. The van der Waals surface area contributed by atoms with Gasteiger partial charge in [-0.05, 0) is 12.1 Å². The van der Waals surface area contributed by atoms with Crippen molar-refractivity contribution >= 4 is 11.6 Å². The molecule has 7 heteroatoms. The summed E-state index contributed by atoms with van der Waals surface area (Å²) < 4.78 is 23.4. The number of nitrogens with zero attached hydrogens (tertiary/aromatic N) is 1. The predicted molar refractivity (Wildman–Crippen MR) is 61.9 cm³/mol. The lowest BCUT2D eigenvalue weighted by atomic mass is 10.2. The van der Waals surface area contributed by atoms with Gasteiger partial charge in [-0.2, -0.15) is 0 Å². The Morgan fingerprint density at radius 1 is 1.61 bits per heavy atom. The summed E-state index contributed by atoms with van der Waals surface area (Å²) in [7, 11) is 0. The zero-order chi connectivity index (χ0) is 13.1. The minimum absolute atomic E-state index is 0.0185. The molecule has 0 radical (unpaired) electrons. The molecule has 0 atom stereocenters. The Hall–Kier alpha value is -2.26. The second kappa shape index (κ2) is 4.94. The van der Waals surface area contributed by atoms with Crippen molar-refractivity contribution in [2.24, 2.45) is 0 Å². The van der Waals surface area contributed by atoms with E-state index in [1.165, 1.54) is 6.07 Å². The SMILES string of the molecule is C#CCOc1cc(-c2n[nH]c(=O)o2)c(F)cc1Cl. The Bertz CT molecular complexity index is 672. The van der Waals surface area contributed by atoms with Gasteiger partial charge >= 0.3 is 5.76 Å². The van der Waals surface area contributed by atoms with Gasteiger partial charge in [-0.25, -0.2) is 14.3 Å². The molecular weight excluding hydrogens is 263 g/mol. The van der Waals surface area contributed by atoms with Crippen LogP contribution in [-0.2, 0) is 0 Å². The first-order chi connectivity index (χ1) is 8.61. The second-order valence-electron chi connectivity index (χ2n) is 3.17. The lowest BCUT2D eigenvalue weighted by Crippen LogP contribution is -1.96. The second-order valence-corrected chi connectivity index (χ2v) is 3.58. The fraction of sp³-hybridized carbons (Fsp3) is 0.0909. The van der Waals surface area contributed by atoms with Crippen LogP contribution in [0.3, 0.4) is 0 Å². The van der Waals surface area contributed by atoms with Crippen molar-refractivity contribution in [2.45, 2.75) is 0 Å². The number of rotatable bonds is 3. The van der Waals surface area contributed by atoms with E-state index in [4.69, 9.17) is 22.8 Å². The third-order valence-corrected chi connectivity index (χ3v) is 2.30. The maximum Gasteiger partial charge on any atom is 0.434 e. The van der Waals surface area contributed by atoms with Crippen molar-refractivity contribution in [3.63, 3.8) is 0 Å². The lowest BCUT2D eigenvalue weighted by molar-refractivity contribution is 0.370. The number of H-pyrrole nitrogens is 1. The minimum atomic E-state index is -0.787. The molecule has 1 heterocycles. The molecule has 0 fully saturated rings. The Balaban J connectivity index is 2.48. The molecule has 1 N–H and O–H groups in total. The van der Waals surface area contributed by atoms with Gasteiger partial charge < -0.3 is 9.15 Å². The zero-order valence-electron chi connectivity index (χ0n) is 8.87. The summed E-state index contributed by atoms with van der Waals surface area (Å²) in [5.41, 5.74) is -0.0511. The lowest BCUT2D eigenvalue weighted by Gasteiger charge is -2.06. The van der Waals surface area contributed by atoms with E-state index in [-0.39, 0.29) is 28.8 Å². The number of aromatic nitrogens is 2. The van der Waals surface area contributed by atoms with E-state index in [0.717, 1.165) is 6.07 Å². The molecule has 0 bridgehead atoms. The molecule has 5 nitrogen and oxygen atoms in total. The summed E-state index contributed by atoms with van der Waals surface area (Å²) in [6, 6.07) is 2.28. The molecule has 18 heavy (non-hydrogen) atoms. The molecule has 0 unspecified atom stereocenters. The van der Waals surface area contributed by atoms with E-state index in [1.807, 2.05) is 5.10 Å². The van der Waals surface area contributed by atoms with Crippen LogP contribution in [0, 0.1) is 18.2 Å². The van der Waals surface area contributed by atoms with Gasteiger partial charge in [0, 0.05) is 0 Å². The van der Waals surface area contributed by atoms with Crippen LogP contribution in [0.5, 0.6) is 5.75 Å². The maximum atomic E-state index is 13.7. The van der Waals surface area contributed by atoms with E-state index in [1.54, 1.807) is 0 Å². The van der Waals surface area contributed by atoms with E-state index in [0.29, 0.717) is 0 Å².